The van der Waals surface area contributed by atoms with Gasteiger partial charge in [0.15, 0.2) is 0 Å². The van der Waals surface area contributed by atoms with Gasteiger partial charge < -0.3 is 9.42 Å². The summed E-state index contributed by atoms with van der Waals surface area (Å²) in [5.41, 5.74) is -0.380. The Morgan fingerprint density at radius 2 is 2.14 bits per heavy atom. The van der Waals surface area contributed by atoms with Gasteiger partial charge in [-0.3, -0.25) is 9.59 Å². The fourth-order valence-corrected chi connectivity index (χ4v) is 2.48. The van der Waals surface area contributed by atoms with Crippen molar-refractivity contribution in [2.45, 2.75) is 44.8 Å². The Morgan fingerprint density at radius 3 is 2.67 bits per heavy atom. The summed E-state index contributed by atoms with van der Waals surface area (Å²) in [5, 5.41) is 3.71. The largest absolute Gasteiger partial charge is 0.338 e. The van der Waals surface area contributed by atoms with Crippen LogP contribution in [-0.2, 0) is 10.2 Å². The van der Waals surface area contributed by atoms with Gasteiger partial charge >= 0.3 is 0 Å². The smallest absolute Gasteiger partial charge is 0.240 e. The average molecular weight is 362 g/mol. The van der Waals surface area contributed by atoms with Crippen molar-refractivity contribution >= 4 is 27.6 Å². The normalized spacial score (nSPS) is 22.6. The Kier molecular flexibility index (Phi) is 4.46. The third-order valence-electron chi connectivity index (χ3n) is 3.28. The molecular weight excluding hydrogens is 345 g/mol. The summed E-state index contributed by atoms with van der Waals surface area (Å²) in [6.07, 6.45) is -1.24. The molecule has 0 saturated carbocycles. The third kappa shape index (κ3) is 3.30. The second-order valence-corrected chi connectivity index (χ2v) is 6.63. The number of carbonyl (C=O) groups excluding carboxylic acids is 2. The number of rotatable bonds is 3. The van der Waals surface area contributed by atoms with Crippen LogP contribution >= 0.6 is 15.9 Å². The second-order valence-electron chi connectivity index (χ2n) is 6.07. The van der Waals surface area contributed by atoms with Gasteiger partial charge in [0.1, 0.15) is 12.2 Å². The summed E-state index contributed by atoms with van der Waals surface area (Å²) < 4.78 is 18.6. The molecule has 116 valence electrons. The number of amides is 1. The third-order valence-corrected chi connectivity index (χ3v) is 3.76. The molecule has 1 aliphatic rings. The van der Waals surface area contributed by atoms with E-state index in [4.69, 9.17) is 4.52 Å². The van der Waals surface area contributed by atoms with Gasteiger partial charge in [-0.25, -0.2) is 4.39 Å². The number of hydrogen-bond acceptors (Lipinski definition) is 5. The van der Waals surface area contributed by atoms with E-state index in [0.29, 0.717) is 5.89 Å². The minimum Gasteiger partial charge on any atom is -0.338 e. The van der Waals surface area contributed by atoms with Crippen LogP contribution in [0.15, 0.2) is 4.52 Å². The van der Waals surface area contributed by atoms with E-state index in [-0.39, 0.29) is 35.4 Å². The maximum atomic E-state index is 13.6. The van der Waals surface area contributed by atoms with Crippen molar-refractivity contribution in [1.29, 1.82) is 0 Å². The molecule has 1 fully saturated rings. The van der Waals surface area contributed by atoms with Gasteiger partial charge in [0.2, 0.25) is 23.4 Å². The van der Waals surface area contributed by atoms with Crippen LogP contribution in [0, 0.1) is 0 Å². The van der Waals surface area contributed by atoms with Crippen LogP contribution in [0.25, 0.3) is 0 Å². The van der Waals surface area contributed by atoms with Crippen LogP contribution in [0.4, 0.5) is 4.39 Å². The lowest BCUT2D eigenvalue weighted by Crippen LogP contribution is -2.41. The van der Waals surface area contributed by atoms with E-state index >= 15 is 0 Å². The number of ketones is 1. The lowest BCUT2D eigenvalue weighted by atomic mass is 9.97. The van der Waals surface area contributed by atoms with Crippen molar-refractivity contribution in [2.24, 2.45) is 0 Å². The van der Waals surface area contributed by atoms with Gasteiger partial charge in [-0.15, -0.1) is 0 Å². The monoisotopic (exact) mass is 361 g/mol. The van der Waals surface area contributed by atoms with Crippen LogP contribution in [0.2, 0.25) is 0 Å². The molecule has 0 aliphatic carbocycles. The topological polar surface area (TPSA) is 76.3 Å². The Labute approximate surface area is 130 Å². The van der Waals surface area contributed by atoms with Crippen molar-refractivity contribution in [2.75, 3.05) is 11.9 Å². The first kappa shape index (κ1) is 16.1. The van der Waals surface area contributed by atoms with E-state index < -0.39 is 18.0 Å². The maximum Gasteiger partial charge on any atom is 0.240 e. The standard InChI is InChI=1S/C13H17BrFN3O3/c1-13(2,3)12-16-11(17-21-12)10(20)8-4-7(15)6-18(8)9(19)5-14/h7-8H,4-6H2,1-3H3/t7-,8+/m0/s1. The zero-order chi connectivity index (χ0) is 15.8. The van der Waals surface area contributed by atoms with E-state index in [0.717, 1.165) is 0 Å². The quantitative estimate of drug-likeness (QED) is 0.606. The van der Waals surface area contributed by atoms with Crippen LogP contribution < -0.4 is 0 Å². The molecule has 1 aliphatic heterocycles. The fourth-order valence-electron chi connectivity index (χ4n) is 2.16. The van der Waals surface area contributed by atoms with Crippen LogP contribution in [0.3, 0.4) is 0 Å². The zero-order valence-electron chi connectivity index (χ0n) is 12.1. The molecule has 0 spiro atoms. The zero-order valence-corrected chi connectivity index (χ0v) is 13.7. The maximum absolute atomic E-state index is 13.6. The molecule has 1 aromatic heterocycles. The minimum atomic E-state index is -1.21. The number of nitrogens with zero attached hydrogens (tertiary/aromatic N) is 3. The molecule has 8 heteroatoms. The van der Waals surface area contributed by atoms with Gasteiger partial charge in [-0.2, -0.15) is 4.98 Å². The molecule has 0 N–H and O–H groups in total. The molecule has 2 rings (SSSR count). The first-order chi connectivity index (χ1) is 9.74. The number of hydrogen-bond donors (Lipinski definition) is 0. The van der Waals surface area contributed by atoms with E-state index in [9.17, 15) is 14.0 Å². The summed E-state index contributed by atoms with van der Waals surface area (Å²) in [6.45, 7) is 5.55. The van der Waals surface area contributed by atoms with E-state index in [1.54, 1.807) is 0 Å². The van der Waals surface area contributed by atoms with Gasteiger partial charge in [0, 0.05) is 11.8 Å². The minimum absolute atomic E-state index is 0.0308. The number of carbonyl (C=O) groups is 2. The van der Waals surface area contributed by atoms with E-state index in [1.807, 2.05) is 20.8 Å². The molecule has 0 aromatic carbocycles. The molecule has 1 amide bonds. The first-order valence-electron chi connectivity index (χ1n) is 6.62. The average Bonchev–Trinajstić information content (AvgIpc) is 3.02. The van der Waals surface area contributed by atoms with Crippen LogP contribution in [0.1, 0.15) is 43.7 Å². The highest BCUT2D eigenvalue weighted by atomic mass is 79.9. The number of halogens is 2. The summed E-state index contributed by atoms with van der Waals surface area (Å²) in [5.74, 6) is -0.581. The van der Waals surface area contributed by atoms with Crippen molar-refractivity contribution in [3.8, 4) is 0 Å². The highest BCUT2D eigenvalue weighted by molar-refractivity contribution is 9.09. The Bertz CT molecular complexity index is 555. The summed E-state index contributed by atoms with van der Waals surface area (Å²) in [7, 11) is 0. The van der Waals surface area contributed by atoms with Crippen molar-refractivity contribution in [3.05, 3.63) is 11.7 Å². The van der Waals surface area contributed by atoms with Crippen molar-refractivity contribution in [1.82, 2.24) is 15.0 Å². The summed E-state index contributed by atoms with van der Waals surface area (Å²) >= 11 is 3.03. The van der Waals surface area contributed by atoms with Crippen LogP contribution in [-0.4, -0.2) is 50.8 Å². The van der Waals surface area contributed by atoms with Gasteiger partial charge in [-0.1, -0.05) is 41.9 Å². The molecule has 6 nitrogen and oxygen atoms in total. The Hall–Kier alpha value is -1.31. The molecule has 1 aromatic rings. The fraction of sp³-hybridized carbons (Fsp3) is 0.692. The van der Waals surface area contributed by atoms with Gasteiger partial charge in [0.05, 0.1) is 11.9 Å². The lowest BCUT2D eigenvalue weighted by Gasteiger charge is -2.21. The van der Waals surface area contributed by atoms with Crippen molar-refractivity contribution < 1.29 is 18.5 Å². The molecule has 0 radical (unpaired) electrons. The summed E-state index contributed by atoms with van der Waals surface area (Å²) in [6, 6.07) is -0.865. The SMILES string of the molecule is CC(C)(C)c1nc(C(=O)[C@H]2C[C@H](F)CN2C(=O)CBr)no1. The highest BCUT2D eigenvalue weighted by Crippen LogP contribution is 2.25. The molecule has 1 saturated heterocycles. The van der Waals surface area contributed by atoms with Crippen LogP contribution in [0.5, 0.6) is 0 Å². The Balaban J connectivity index is 2.22. The predicted molar refractivity (Wildman–Crippen MR) is 76.1 cm³/mol. The Morgan fingerprint density at radius 1 is 1.48 bits per heavy atom. The van der Waals surface area contributed by atoms with E-state index in [2.05, 4.69) is 26.1 Å². The summed E-state index contributed by atoms with van der Waals surface area (Å²) in [4.78, 5) is 29.5. The number of alkyl halides is 2. The van der Waals surface area contributed by atoms with Crippen molar-refractivity contribution in [3.63, 3.8) is 0 Å². The van der Waals surface area contributed by atoms with E-state index in [1.165, 1.54) is 4.90 Å². The molecule has 21 heavy (non-hydrogen) atoms. The van der Waals surface area contributed by atoms with Gasteiger partial charge in [-0.05, 0) is 0 Å². The molecule has 0 unspecified atom stereocenters. The number of likely N-dealkylation sites (tertiary alicyclic amines) is 1. The molecule has 0 bridgehead atoms. The predicted octanol–water partition coefficient (Wildman–Crippen LogP) is 1.88. The van der Waals surface area contributed by atoms with Gasteiger partial charge in [0.25, 0.3) is 0 Å². The number of Topliss-reactive ketones (excluding diaryl/α,β-unsaturated/α-hetero) is 1. The molecule has 2 atom stereocenters. The first-order valence-corrected chi connectivity index (χ1v) is 7.74. The highest BCUT2D eigenvalue weighted by Gasteiger charge is 2.41. The second kappa shape index (κ2) is 5.82. The molecular formula is C13H17BrFN3O3. The molecule has 2 heterocycles. The number of aromatic nitrogens is 2. The lowest BCUT2D eigenvalue weighted by molar-refractivity contribution is -0.128.